The Morgan fingerprint density at radius 2 is 2.07 bits per heavy atom. The van der Waals surface area contributed by atoms with Gasteiger partial charge in [0.1, 0.15) is 0 Å². The van der Waals surface area contributed by atoms with Crippen molar-refractivity contribution in [1.82, 2.24) is 5.32 Å². The first-order valence-electron chi connectivity index (χ1n) is 4.93. The largest absolute Gasteiger partial charge is 0.388 e. The van der Waals surface area contributed by atoms with Crippen LogP contribution >= 0.6 is 0 Å². The van der Waals surface area contributed by atoms with E-state index >= 15 is 0 Å². The van der Waals surface area contributed by atoms with Gasteiger partial charge in [-0.05, 0) is 30.2 Å². The number of anilines is 1. The second-order valence-electron chi connectivity index (χ2n) is 3.19. The monoisotopic (exact) mass is 204 g/mol. The van der Waals surface area contributed by atoms with Crippen LogP contribution in [-0.4, -0.2) is 19.5 Å². The molecule has 3 nitrogen and oxygen atoms in total. The highest BCUT2D eigenvalue weighted by Crippen LogP contribution is 2.08. The van der Waals surface area contributed by atoms with Crippen molar-refractivity contribution in [3.8, 4) is 0 Å². The Morgan fingerprint density at radius 3 is 2.60 bits per heavy atom. The number of benzene rings is 1. The van der Waals surface area contributed by atoms with E-state index in [1.165, 1.54) is 11.6 Å². The molecular weight excluding hydrogens is 188 g/mol. The lowest BCUT2D eigenvalue weighted by molar-refractivity contribution is -0.116. The molecule has 0 fully saturated rings. The predicted octanol–water partition coefficient (Wildman–Crippen LogP) is 1.57. The standard InChI is InChI=1S/C12H16N2O/c1-3-12(15)14-9-8-10-4-6-11(13-2)7-5-10/h3-7,13H,1,8-9H2,2H3,(H,14,15). The van der Waals surface area contributed by atoms with Gasteiger partial charge < -0.3 is 10.6 Å². The first-order valence-corrected chi connectivity index (χ1v) is 4.93. The molecule has 0 radical (unpaired) electrons. The van der Waals surface area contributed by atoms with E-state index in [1.807, 2.05) is 31.3 Å². The van der Waals surface area contributed by atoms with Crippen molar-refractivity contribution >= 4 is 11.6 Å². The van der Waals surface area contributed by atoms with Gasteiger partial charge in [-0.3, -0.25) is 4.79 Å². The molecule has 2 N–H and O–H groups in total. The van der Waals surface area contributed by atoms with Gasteiger partial charge in [-0.1, -0.05) is 18.7 Å². The predicted molar refractivity (Wildman–Crippen MR) is 62.9 cm³/mol. The Balaban J connectivity index is 2.37. The highest BCUT2D eigenvalue weighted by atomic mass is 16.1. The molecule has 0 unspecified atom stereocenters. The van der Waals surface area contributed by atoms with Crippen LogP contribution in [0.5, 0.6) is 0 Å². The molecular formula is C12H16N2O. The average molecular weight is 204 g/mol. The van der Waals surface area contributed by atoms with Crippen molar-refractivity contribution in [1.29, 1.82) is 0 Å². The fourth-order valence-electron chi connectivity index (χ4n) is 1.24. The molecule has 15 heavy (non-hydrogen) atoms. The van der Waals surface area contributed by atoms with Gasteiger partial charge in [0.05, 0.1) is 0 Å². The molecule has 1 aromatic rings. The van der Waals surface area contributed by atoms with Crippen LogP contribution in [0.2, 0.25) is 0 Å². The molecule has 1 rings (SSSR count). The molecule has 0 saturated heterocycles. The SMILES string of the molecule is C=CC(=O)NCCc1ccc(NC)cc1. The lowest BCUT2D eigenvalue weighted by Crippen LogP contribution is -2.23. The lowest BCUT2D eigenvalue weighted by atomic mass is 10.1. The first kappa shape index (κ1) is 11.3. The van der Waals surface area contributed by atoms with Crippen LogP contribution in [0.15, 0.2) is 36.9 Å². The van der Waals surface area contributed by atoms with Crippen LogP contribution in [0.25, 0.3) is 0 Å². The van der Waals surface area contributed by atoms with E-state index in [0.29, 0.717) is 6.54 Å². The highest BCUT2D eigenvalue weighted by molar-refractivity contribution is 5.86. The molecule has 0 heterocycles. The Labute approximate surface area is 90.2 Å². The molecule has 1 amide bonds. The summed E-state index contributed by atoms with van der Waals surface area (Å²) in [6.45, 7) is 4.03. The number of hydrogen-bond donors (Lipinski definition) is 2. The Hall–Kier alpha value is -1.77. The van der Waals surface area contributed by atoms with Crippen molar-refractivity contribution in [3.05, 3.63) is 42.5 Å². The zero-order valence-corrected chi connectivity index (χ0v) is 8.92. The molecule has 3 heteroatoms. The quantitative estimate of drug-likeness (QED) is 0.715. The minimum atomic E-state index is -0.123. The molecule has 0 spiro atoms. The van der Waals surface area contributed by atoms with Crippen LogP contribution in [0, 0.1) is 0 Å². The minimum absolute atomic E-state index is 0.123. The summed E-state index contributed by atoms with van der Waals surface area (Å²) in [6.07, 6.45) is 2.12. The third-order valence-electron chi connectivity index (χ3n) is 2.14. The maximum absolute atomic E-state index is 10.9. The molecule has 0 bridgehead atoms. The van der Waals surface area contributed by atoms with Gasteiger partial charge in [0.15, 0.2) is 0 Å². The van der Waals surface area contributed by atoms with Crippen molar-refractivity contribution in [2.75, 3.05) is 18.9 Å². The normalized spacial score (nSPS) is 9.40. The zero-order valence-electron chi connectivity index (χ0n) is 8.92. The van der Waals surface area contributed by atoms with Gasteiger partial charge in [0.2, 0.25) is 5.91 Å². The van der Waals surface area contributed by atoms with Crippen LogP contribution in [0.4, 0.5) is 5.69 Å². The fourth-order valence-corrected chi connectivity index (χ4v) is 1.24. The fraction of sp³-hybridized carbons (Fsp3) is 0.250. The van der Waals surface area contributed by atoms with Gasteiger partial charge >= 0.3 is 0 Å². The second kappa shape index (κ2) is 5.86. The van der Waals surface area contributed by atoms with Crippen LogP contribution in [0.1, 0.15) is 5.56 Å². The second-order valence-corrected chi connectivity index (χ2v) is 3.19. The van der Waals surface area contributed by atoms with Crippen molar-refractivity contribution in [3.63, 3.8) is 0 Å². The molecule has 0 saturated carbocycles. The highest BCUT2D eigenvalue weighted by Gasteiger charge is 1.95. The van der Waals surface area contributed by atoms with Crippen molar-refractivity contribution in [2.45, 2.75) is 6.42 Å². The number of carbonyl (C=O) groups excluding carboxylic acids is 1. The number of hydrogen-bond acceptors (Lipinski definition) is 2. The molecule has 1 aromatic carbocycles. The molecule has 0 aliphatic carbocycles. The minimum Gasteiger partial charge on any atom is -0.388 e. The molecule has 0 aliphatic rings. The molecule has 0 atom stereocenters. The average Bonchev–Trinajstić information content (AvgIpc) is 2.29. The van der Waals surface area contributed by atoms with E-state index in [0.717, 1.165) is 12.1 Å². The van der Waals surface area contributed by atoms with E-state index in [1.54, 1.807) is 0 Å². The van der Waals surface area contributed by atoms with E-state index in [2.05, 4.69) is 17.2 Å². The van der Waals surface area contributed by atoms with Gasteiger partial charge in [-0.25, -0.2) is 0 Å². The van der Waals surface area contributed by atoms with E-state index < -0.39 is 0 Å². The number of nitrogens with one attached hydrogen (secondary N) is 2. The Kier molecular flexibility index (Phi) is 4.41. The number of carbonyl (C=O) groups is 1. The van der Waals surface area contributed by atoms with E-state index in [-0.39, 0.29) is 5.91 Å². The van der Waals surface area contributed by atoms with Gasteiger partial charge in [-0.2, -0.15) is 0 Å². The summed E-state index contributed by atoms with van der Waals surface area (Å²) in [6, 6.07) is 8.13. The smallest absolute Gasteiger partial charge is 0.243 e. The maximum Gasteiger partial charge on any atom is 0.243 e. The molecule has 0 aliphatic heterocycles. The Bertz CT molecular complexity index is 330. The first-order chi connectivity index (χ1) is 7.26. The summed E-state index contributed by atoms with van der Waals surface area (Å²) >= 11 is 0. The molecule has 80 valence electrons. The van der Waals surface area contributed by atoms with Gasteiger partial charge in [-0.15, -0.1) is 0 Å². The summed E-state index contributed by atoms with van der Waals surface area (Å²) in [5.41, 5.74) is 2.30. The maximum atomic E-state index is 10.9. The summed E-state index contributed by atoms with van der Waals surface area (Å²) in [7, 11) is 1.89. The third kappa shape index (κ3) is 3.85. The van der Waals surface area contributed by atoms with Crippen LogP contribution in [0.3, 0.4) is 0 Å². The third-order valence-corrected chi connectivity index (χ3v) is 2.14. The van der Waals surface area contributed by atoms with Crippen molar-refractivity contribution in [2.24, 2.45) is 0 Å². The summed E-state index contributed by atoms with van der Waals surface area (Å²) in [5, 5.41) is 5.79. The van der Waals surface area contributed by atoms with Crippen molar-refractivity contribution < 1.29 is 4.79 Å². The number of rotatable bonds is 5. The summed E-state index contributed by atoms with van der Waals surface area (Å²) in [4.78, 5) is 10.9. The van der Waals surface area contributed by atoms with Crippen LogP contribution < -0.4 is 10.6 Å². The summed E-state index contributed by atoms with van der Waals surface area (Å²) < 4.78 is 0. The van der Waals surface area contributed by atoms with Gasteiger partial charge in [0, 0.05) is 19.3 Å². The van der Waals surface area contributed by atoms with E-state index in [4.69, 9.17) is 0 Å². The zero-order chi connectivity index (χ0) is 11.1. The molecule has 0 aromatic heterocycles. The number of amides is 1. The topological polar surface area (TPSA) is 41.1 Å². The van der Waals surface area contributed by atoms with Gasteiger partial charge in [0.25, 0.3) is 0 Å². The Morgan fingerprint density at radius 1 is 1.40 bits per heavy atom. The van der Waals surface area contributed by atoms with E-state index in [9.17, 15) is 4.79 Å². The lowest BCUT2D eigenvalue weighted by Gasteiger charge is -2.04. The summed E-state index contributed by atoms with van der Waals surface area (Å²) in [5.74, 6) is -0.123. The van der Waals surface area contributed by atoms with Crippen LogP contribution in [-0.2, 0) is 11.2 Å².